The summed E-state index contributed by atoms with van der Waals surface area (Å²) in [6.07, 6.45) is 0.972. The van der Waals surface area contributed by atoms with Crippen LogP contribution in [0.15, 0.2) is 48.5 Å². The number of piperazine rings is 1. The minimum absolute atomic E-state index is 0.146. The van der Waals surface area contributed by atoms with E-state index in [4.69, 9.17) is 0 Å². The Morgan fingerprint density at radius 2 is 1.76 bits per heavy atom. The van der Waals surface area contributed by atoms with Crippen LogP contribution in [0.1, 0.15) is 5.56 Å². The van der Waals surface area contributed by atoms with Gasteiger partial charge in [0, 0.05) is 38.3 Å². The molecule has 3 rings (SSSR count). The monoisotopic (exact) mass is 284 g/mol. The second-order valence-corrected chi connectivity index (χ2v) is 5.52. The van der Waals surface area contributed by atoms with Crippen molar-refractivity contribution in [3.8, 4) is 11.1 Å². The van der Waals surface area contributed by atoms with E-state index < -0.39 is 0 Å². The van der Waals surface area contributed by atoms with Crippen LogP contribution >= 0.6 is 0 Å². The van der Waals surface area contributed by atoms with Crippen LogP contribution in [-0.4, -0.2) is 37.6 Å². The summed E-state index contributed by atoms with van der Waals surface area (Å²) >= 11 is 0. The molecule has 0 bridgehead atoms. The first-order valence-corrected chi connectivity index (χ1v) is 7.60. The molecule has 21 heavy (non-hydrogen) atoms. The van der Waals surface area contributed by atoms with Gasteiger partial charge in [0.25, 0.3) is 0 Å². The molecule has 0 aromatic heterocycles. The maximum atomic E-state index is 14.0. The van der Waals surface area contributed by atoms with E-state index in [2.05, 4.69) is 10.2 Å². The third kappa shape index (κ3) is 3.69. The molecule has 2 aromatic carbocycles. The van der Waals surface area contributed by atoms with E-state index in [1.165, 1.54) is 5.56 Å². The summed E-state index contributed by atoms with van der Waals surface area (Å²) in [7, 11) is 0. The second kappa shape index (κ2) is 6.83. The molecular formula is C18H21FN2. The average molecular weight is 284 g/mol. The molecule has 0 amide bonds. The fraction of sp³-hybridized carbons (Fsp3) is 0.333. The first-order valence-electron chi connectivity index (χ1n) is 7.60. The molecule has 0 atom stereocenters. The van der Waals surface area contributed by atoms with Gasteiger partial charge in [-0.1, -0.05) is 36.4 Å². The minimum atomic E-state index is -0.146. The van der Waals surface area contributed by atoms with E-state index in [0.29, 0.717) is 5.56 Å². The highest BCUT2D eigenvalue weighted by Crippen LogP contribution is 2.24. The first kappa shape index (κ1) is 14.2. The number of rotatable bonds is 4. The first-order chi connectivity index (χ1) is 10.3. The third-order valence-electron chi connectivity index (χ3n) is 4.04. The Labute approximate surface area is 125 Å². The van der Waals surface area contributed by atoms with E-state index in [-0.39, 0.29) is 5.82 Å². The third-order valence-corrected chi connectivity index (χ3v) is 4.04. The lowest BCUT2D eigenvalue weighted by molar-refractivity contribution is 0.244. The Bertz CT molecular complexity index is 577. The number of hydrogen-bond acceptors (Lipinski definition) is 2. The summed E-state index contributed by atoms with van der Waals surface area (Å²) < 4.78 is 14.0. The Hall–Kier alpha value is -1.71. The van der Waals surface area contributed by atoms with Crippen LogP contribution in [0.4, 0.5) is 4.39 Å². The molecule has 3 heteroatoms. The maximum Gasteiger partial charge on any atom is 0.131 e. The van der Waals surface area contributed by atoms with E-state index in [0.717, 1.165) is 44.7 Å². The molecule has 110 valence electrons. The van der Waals surface area contributed by atoms with E-state index in [1.807, 2.05) is 42.5 Å². The van der Waals surface area contributed by atoms with Crippen molar-refractivity contribution in [1.82, 2.24) is 10.2 Å². The van der Waals surface area contributed by atoms with E-state index in [9.17, 15) is 4.39 Å². The highest BCUT2D eigenvalue weighted by molar-refractivity contribution is 5.64. The number of benzene rings is 2. The molecule has 0 unspecified atom stereocenters. The minimum Gasteiger partial charge on any atom is -0.314 e. The quantitative estimate of drug-likeness (QED) is 0.928. The molecule has 0 aliphatic carbocycles. The van der Waals surface area contributed by atoms with Crippen LogP contribution in [0.25, 0.3) is 11.1 Å². The van der Waals surface area contributed by atoms with Crippen LogP contribution < -0.4 is 5.32 Å². The van der Waals surface area contributed by atoms with Gasteiger partial charge in [0.1, 0.15) is 5.82 Å². The molecule has 1 N–H and O–H groups in total. The van der Waals surface area contributed by atoms with Crippen molar-refractivity contribution in [2.24, 2.45) is 0 Å². The molecule has 1 fully saturated rings. The van der Waals surface area contributed by atoms with Crippen molar-refractivity contribution in [3.05, 3.63) is 59.9 Å². The molecular weight excluding hydrogens is 263 g/mol. The smallest absolute Gasteiger partial charge is 0.131 e. The molecule has 2 aromatic rings. The van der Waals surface area contributed by atoms with Crippen LogP contribution in [0.2, 0.25) is 0 Å². The number of hydrogen-bond donors (Lipinski definition) is 1. The maximum absolute atomic E-state index is 14.0. The van der Waals surface area contributed by atoms with Crippen molar-refractivity contribution in [1.29, 1.82) is 0 Å². The fourth-order valence-corrected chi connectivity index (χ4v) is 2.79. The van der Waals surface area contributed by atoms with Crippen LogP contribution in [0.5, 0.6) is 0 Å². The zero-order chi connectivity index (χ0) is 14.5. The van der Waals surface area contributed by atoms with E-state index in [1.54, 1.807) is 6.07 Å². The molecule has 0 spiro atoms. The molecule has 0 radical (unpaired) electrons. The van der Waals surface area contributed by atoms with Crippen LogP contribution in [-0.2, 0) is 6.42 Å². The molecule has 1 aliphatic heterocycles. The molecule has 2 nitrogen and oxygen atoms in total. The largest absolute Gasteiger partial charge is 0.314 e. The van der Waals surface area contributed by atoms with E-state index >= 15 is 0 Å². The predicted molar refractivity (Wildman–Crippen MR) is 84.8 cm³/mol. The topological polar surface area (TPSA) is 15.3 Å². The van der Waals surface area contributed by atoms with Gasteiger partial charge in [-0.2, -0.15) is 0 Å². The van der Waals surface area contributed by atoms with Crippen molar-refractivity contribution < 1.29 is 4.39 Å². The standard InChI is InChI=1S/C18H21FN2/c19-18-7-6-15(8-11-21-12-9-20-10-13-21)14-17(18)16-4-2-1-3-5-16/h1-7,14,20H,8-13H2. The Kier molecular flexibility index (Phi) is 4.63. The summed E-state index contributed by atoms with van der Waals surface area (Å²) in [6.45, 7) is 5.39. The van der Waals surface area contributed by atoms with Gasteiger partial charge in [0.15, 0.2) is 0 Å². The number of halogens is 1. The Morgan fingerprint density at radius 3 is 2.52 bits per heavy atom. The zero-order valence-electron chi connectivity index (χ0n) is 12.2. The lowest BCUT2D eigenvalue weighted by Crippen LogP contribution is -2.44. The highest BCUT2D eigenvalue weighted by atomic mass is 19.1. The Balaban J connectivity index is 1.72. The van der Waals surface area contributed by atoms with Gasteiger partial charge in [-0.15, -0.1) is 0 Å². The summed E-state index contributed by atoms with van der Waals surface area (Å²) in [5.41, 5.74) is 2.85. The zero-order valence-corrected chi connectivity index (χ0v) is 12.2. The summed E-state index contributed by atoms with van der Waals surface area (Å²) in [6, 6.07) is 15.3. The molecule has 1 aliphatic rings. The average Bonchev–Trinajstić information content (AvgIpc) is 2.56. The van der Waals surface area contributed by atoms with Crippen molar-refractivity contribution >= 4 is 0 Å². The van der Waals surface area contributed by atoms with Crippen LogP contribution in [0, 0.1) is 5.82 Å². The van der Waals surface area contributed by atoms with Gasteiger partial charge in [-0.25, -0.2) is 4.39 Å². The van der Waals surface area contributed by atoms with Crippen molar-refractivity contribution in [2.45, 2.75) is 6.42 Å². The molecule has 1 saturated heterocycles. The molecule has 1 heterocycles. The molecule has 0 saturated carbocycles. The lowest BCUT2D eigenvalue weighted by Gasteiger charge is -2.27. The van der Waals surface area contributed by atoms with Gasteiger partial charge in [-0.3, -0.25) is 0 Å². The van der Waals surface area contributed by atoms with Crippen molar-refractivity contribution in [2.75, 3.05) is 32.7 Å². The van der Waals surface area contributed by atoms with Gasteiger partial charge >= 0.3 is 0 Å². The van der Waals surface area contributed by atoms with Gasteiger partial charge in [0.05, 0.1) is 0 Å². The lowest BCUT2D eigenvalue weighted by atomic mass is 10.0. The number of nitrogens with zero attached hydrogens (tertiary/aromatic N) is 1. The highest BCUT2D eigenvalue weighted by Gasteiger charge is 2.10. The summed E-state index contributed by atoms with van der Waals surface area (Å²) in [5.74, 6) is -0.146. The van der Waals surface area contributed by atoms with Crippen LogP contribution in [0.3, 0.4) is 0 Å². The fourth-order valence-electron chi connectivity index (χ4n) is 2.79. The second-order valence-electron chi connectivity index (χ2n) is 5.52. The van der Waals surface area contributed by atoms with Gasteiger partial charge < -0.3 is 10.2 Å². The SMILES string of the molecule is Fc1ccc(CCN2CCNCC2)cc1-c1ccccc1. The van der Waals surface area contributed by atoms with Gasteiger partial charge in [-0.05, 0) is 29.7 Å². The summed E-state index contributed by atoms with van der Waals surface area (Å²) in [4.78, 5) is 2.46. The number of nitrogens with one attached hydrogen (secondary N) is 1. The summed E-state index contributed by atoms with van der Waals surface area (Å²) in [5, 5.41) is 3.36. The predicted octanol–water partition coefficient (Wildman–Crippen LogP) is 2.94. The normalized spacial score (nSPS) is 16.0. The Morgan fingerprint density at radius 1 is 1.00 bits per heavy atom. The van der Waals surface area contributed by atoms with Crippen molar-refractivity contribution in [3.63, 3.8) is 0 Å². The van der Waals surface area contributed by atoms with Gasteiger partial charge in [0.2, 0.25) is 0 Å².